The lowest BCUT2D eigenvalue weighted by Gasteiger charge is -2.06. The molecular weight excluding hydrogens is 250 g/mol. The Bertz CT molecular complexity index is 614. The molecule has 2 rings (SSSR count). The minimum atomic E-state index is -0.824. The van der Waals surface area contributed by atoms with E-state index in [0.717, 1.165) is 0 Å². The fourth-order valence-corrected chi connectivity index (χ4v) is 1.58. The molecular formula is C14H12F2N2O. The second kappa shape index (κ2) is 5.56. The van der Waals surface area contributed by atoms with Gasteiger partial charge in [-0.05, 0) is 36.2 Å². The van der Waals surface area contributed by atoms with Crippen molar-refractivity contribution < 1.29 is 13.6 Å². The van der Waals surface area contributed by atoms with Crippen LogP contribution in [0.4, 0.5) is 8.78 Å². The number of hydrogen-bond acceptors (Lipinski definition) is 2. The lowest BCUT2D eigenvalue weighted by atomic mass is 10.1. The van der Waals surface area contributed by atoms with Crippen LogP contribution < -0.4 is 5.32 Å². The van der Waals surface area contributed by atoms with Crippen LogP contribution in [-0.4, -0.2) is 10.9 Å². The number of rotatable bonds is 3. The summed E-state index contributed by atoms with van der Waals surface area (Å²) in [6.45, 7) is 1.78. The molecule has 3 nitrogen and oxygen atoms in total. The molecule has 0 saturated carbocycles. The van der Waals surface area contributed by atoms with Crippen molar-refractivity contribution in [3.63, 3.8) is 0 Å². The summed E-state index contributed by atoms with van der Waals surface area (Å²) in [6, 6.07) is 7.49. The molecule has 0 radical (unpaired) electrons. The number of aryl methyl sites for hydroxylation is 1. The molecule has 0 unspecified atom stereocenters. The number of amides is 1. The topological polar surface area (TPSA) is 42.0 Å². The highest BCUT2D eigenvalue weighted by atomic mass is 19.1. The molecule has 0 bridgehead atoms. The van der Waals surface area contributed by atoms with E-state index in [2.05, 4.69) is 10.3 Å². The normalized spacial score (nSPS) is 10.3. The molecule has 0 fully saturated rings. The van der Waals surface area contributed by atoms with Crippen molar-refractivity contribution in [2.45, 2.75) is 13.5 Å². The molecule has 19 heavy (non-hydrogen) atoms. The molecule has 1 aromatic carbocycles. The second-order valence-corrected chi connectivity index (χ2v) is 4.11. The first-order valence-corrected chi connectivity index (χ1v) is 5.71. The number of nitrogens with one attached hydrogen (secondary N) is 1. The van der Waals surface area contributed by atoms with Gasteiger partial charge in [0.25, 0.3) is 5.91 Å². The van der Waals surface area contributed by atoms with Gasteiger partial charge < -0.3 is 5.32 Å². The van der Waals surface area contributed by atoms with E-state index in [9.17, 15) is 13.6 Å². The van der Waals surface area contributed by atoms with Crippen molar-refractivity contribution in [2.75, 3.05) is 0 Å². The molecule has 5 heteroatoms. The minimum absolute atomic E-state index is 0.129. The highest BCUT2D eigenvalue weighted by molar-refractivity contribution is 5.94. The number of carbonyl (C=O) groups excluding carboxylic acids is 1. The molecule has 0 aliphatic rings. The highest BCUT2D eigenvalue weighted by Gasteiger charge is 2.11. The molecule has 0 spiro atoms. The van der Waals surface area contributed by atoms with Gasteiger partial charge in [-0.3, -0.25) is 4.79 Å². The van der Waals surface area contributed by atoms with Crippen molar-refractivity contribution in [2.24, 2.45) is 0 Å². The predicted octanol–water partition coefficient (Wildman–Crippen LogP) is 2.60. The van der Waals surface area contributed by atoms with Gasteiger partial charge in [0.1, 0.15) is 5.82 Å². The monoisotopic (exact) mass is 262 g/mol. The van der Waals surface area contributed by atoms with Crippen LogP contribution in [0.15, 0.2) is 36.5 Å². The largest absolute Gasteiger partial charge is 0.348 e. The third-order valence-corrected chi connectivity index (χ3v) is 2.69. The van der Waals surface area contributed by atoms with Gasteiger partial charge in [-0.1, -0.05) is 12.1 Å². The van der Waals surface area contributed by atoms with Crippen molar-refractivity contribution in [3.8, 4) is 0 Å². The zero-order chi connectivity index (χ0) is 13.8. The lowest BCUT2D eigenvalue weighted by Crippen LogP contribution is -2.24. The van der Waals surface area contributed by atoms with Crippen LogP contribution in [0.2, 0.25) is 0 Å². The summed E-state index contributed by atoms with van der Waals surface area (Å²) >= 11 is 0. The minimum Gasteiger partial charge on any atom is -0.348 e. The first-order chi connectivity index (χ1) is 9.08. The van der Waals surface area contributed by atoms with Gasteiger partial charge in [0.05, 0.1) is 5.56 Å². The number of halogens is 2. The number of carbonyl (C=O) groups is 1. The number of benzene rings is 1. The summed E-state index contributed by atoms with van der Waals surface area (Å²) in [6.07, 6.45) is 1.27. The average molecular weight is 262 g/mol. The van der Waals surface area contributed by atoms with Crippen molar-refractivity contribution in [1.29, 1.82) is 0 Å². The van der Waals surface area contributed by atoms with Gasteiger partial charge in [0.2, 0.25) is 5.95 Å². The van der Waals surface area contributed by atoms with Crippen LogP contribution in [0.25, 0.3) is 0 Å². The maximum atomic E-state index is 13.3. The zero-order valence-electron chi connectivity index (χ0n) is 10.3. The molecule has 1 N–H and O–H groups in total. The maximum Gasteiger partial charge on any atom is 0.256 e. The number of nitrogens with zero attached hydrogens (tertiary/aromatic N) is 1. The summed E-state index contributed by atoms with van der Waals surface area (Å²) in [7, 11) is 0. The summed E-state index contributed by atoms with van der Waals surface area (Å²) < 4.78 is 26.6. The fourth-order valence-electron chi connectivity index (χ4n) is 1.58. The number of hydrogen-bond donors (Lipinski definition) is 1. The number of pyridine rings is 1. The van der Waals surface area contributed by atoms with Gasteiger partial charge in [-0.15, -0.1) is 0 Å². The van der Waals surface area contributed by atoms with Gasteiger partial charge in [-0.2, -0.15) is 4.39 Å². The van der Waals surface area contributed by atoms with Crippen LogP contribution in [0.5, 0.6) is 0 Å². The Labute approximate surface area is 109 Å². The zero-order valence-corrected chi connectivity index (χ0v) is 10.3. The van der Waals surface area contributed by atoms with Gasteiger partial charge in [-0.25, -0.2) is 9.37 Å². The van der Waals surface area contributed by atoms with E-state index in [0.29, 0.717) is 11.1 Å². The Balaban J connectivity index is 2.04. The molecule has 0 saturated heterocycles. The van der Waals surface area contributed by atoms with Crippen LogP contribution >= 0.6 is 0 Å². The van der Waals surface area contributed by atoms with Crippen LogP contribution in [-0.2, 0) is 6.54 Å². The first-order valence-electron chi connectivity index (χ1n) is 5.71. The quantitative estimate of drug-likeness (QED) is 0.864. The van der Waals surface area contributed by atoms with Crippen molar-refractivity contribution in [1.82, 2.24) is 10.3 Å². The lowest BCUT2D eigenvalue weighted by molar-refractivity contribution is 0.0946. The summed E-state index contributed by atoms with van der Waals surface area (Å²) in [5.74, 6) is -1.74. The first kappa shape index (κ1) is 13.1. The van der Waals surface area contributed by atoms with E-state index < -0.39 is 11.9 Å². The van der Waals surface area contributed by atoms with Crippen LogP contribution in [0.3, 0.4) is 0 Å². The maximum absolute atomic E-state index is 13.3. The summed E-state index contributed by atoms with van der Waals surface area (Å²) in [5.41, 5.74) is 1.02. The number of aromatic nitrogens is 1. The molecule has 0 aliphatic heterocycles. The Morgan fingerprint density at radius 1 is 1.32 bits per heavy atom. The van der Waals surface area contributed by atoms with Crippen molar-refractivity contribution >= 4 is 5.91 Å². The standard InChI is InChI=1S/C14H12F2N2O/c1-9-4-5-10(7-12(9)15)8-18-14(19)11-3-2-6-17-13(11)16/h2-7H,8H2,1H3,(H,18,19). The molecule has 1 heterocycles. The average Bonchev–Trinajstić information content (AvgIpc) is 2.40. The second-order valence-electron chi connectivity index (χ2n) is 4.11. The van der Waals surface area contributed by atoms with E-state index >= 15 is 0 Å². The highest BCUT2D eigenvalue weighted by Crippen LogP contribution is 2.09. The Morgan fingerprint density at radius 2 is 2.11 bits per heavy atom. The smallest absolute Gasteiger partial charge is 0.256 e. The predicted molar refractivity (Wildman–Crippen MR) is 66.5 cm³/mol. The van der Waals surface area contributed by atoms with E-state index in [1.165, 1.54) is 24.4 Å². The SMILES string of the molecule is Cc1ccc(CNC(=O)c2cccnc2F)cc1F. The van der Waals surface area contributed by atoms with Gasteiger partial charge in [0.15, 0.2) is 0 Å². The Hall–Kier alpha value is -2.30. The molecule has 1 aromatic heterocycles. The molecule has 0 aliphatic carbocycles. The third kappa shape index (κ3) is 3.13. The van der Waals surface area contributed by atoms with Gasteiger partial charge in [0, 0.05) is 12.7 Å². The van der Waals surface area contributed by atoms with Gasteiger partial charge >= 0.3 is 0 Å². The van der Waals surface area contributed by atoms with E-state index in [-0.39, 0.29) is 17.9 Å². The molecule has 2 aromatic rings. The molecule has 1 amide bonds. The van der Waals surface area contributed by atoms with E-state index in [1.54, 1.807) is 19.1 Å². The van der Waals surface area contributed by atoms with Crippen molar-refractivity contribution in [3.05, 3.63) is 65.0 Å². The van der Waals surface area contributed by atoms with Crippen LogP contribution in [0, 0.1) is 18.7 Å². The Kier molecular flexibility index (Phi) is 3.85. The van der Waals surface area contributed by atoms with E-state index in [4.69, 9.17) is 0 Å². The Morgan fingerprint density at radius 3 is 2.79 bits per heavy atom. The van der Waals surface area contributed by atoms with Crippen LogP contribution in [0.1, 0.15) is 21.5 Å². The third-order valence-electron chi connectivity index (χ3n) is 2.69. The fraction of sp³-hybridized carbons (Fsp3) is 0.143. The summed E-state index contributed by atoms with van der Waals surface area (Å²) in [5, 5.41) is 2.52. The summed E-state index contributed by atoms with van der Waals surface area (Å²) in [4.78, 5) is 15.1. The molecule has 98 valence electrons. The molecule has 0 atom stereocenters. The van der Waals surface area contributed by atoms with E-state index in [1.807, 2.05) is 0 Å².